The first-order valence-corrected chi connectivity index (χ1v) is 9.79. The van der Waals surface area contributed by atoms with Crippen LogP contribution in [0.2, 0.25) is 0 Å². The first kappa shape index (κ1) is 22.1. The molecule has 0 radical (unpaired) electrons. The van der Waals surface area contributed by atoms with Crippen LogP contribution in [-0.4, -0.2) is 67.4 Å². The molecule has 2 aromatic carbocycles. The molecular weight excluding hydrogens is 404 g/mol. The summed E-state index contributed by atoms with van der Waals surface area (Å²) in [6.45, 7) is 0.928. The van der Waals surface area contributed by atoms with Gasteiger partial charge in [0, 0.05) is 36.3 Å². The maximum absolute atomic E-state index is 13.0. The van der Waals surface area contributed by atoms with Crippen LogP contribution in [0.4, 0.5) is 0 Å². The van der Waals surface area contributed by atoms with E-state index in [0.717, 1.165) is 6.07 Å². The first-order chi connectivity index (χ1) is 14.9. The summed E-state index contributed by atoms with van der Waals surface area (Å²) in [7, 11) is 4.48. The molecule has 1 aliphatic rings. The van der Waals surface area contributed by atoms with Crippen LogP contribution >= 0.6 is 0 Å². The number of benzene rings is 2. The second-order valence-corrected chi connectivity index (χ2v) is 7.19. The zero-order valence-electron chi connectivity index (χ0n) is 17.7. The molecule has 31 heavy (non-hydrogen) atoms. The topological polar surface area (TPSA) is 118 Å². The van der Waals surface area contributed by atoms with Gasteiger partial charge in [-0.3, -0.25) is 9.59 Å². The zero-order valence-corrected chi connectivity index (χ0v) is 17.7. The first-order valence-electron chi connectivity index (χ1n) is 9.79. The molecule has 1 saturated heterocycles. The maximum Gasteiger partial charge on any atom is 0.254 e. The van der Waals surface area contributed by atoms with E-state index < -0.39 is 0 Å². The second-order valence-electron chi connectivity index (χ2n) is 7.19. The van der Waals surface area contributed by atoms with Crippen molar-refractivity contribution in [3.05, 3.63) is 41.5 Å². The number of phenols is 2. The highest BCUT2D eigenvalue weighted by molar-refractivity contribution is 5.96. The van der Waals surface area contributed by atoms with E-state index in [9.17, 15) is 19.8 Å². The Morgan fingerprint density at radius 2 is 1.42 bits per heavy atom. The van der Waals surface area contributed by atoms with E-state index in [2.05, 4.69) is 5.32 Å². The molecule has 166 valence electrons. The average Bonchev–Trinajstić information content (AvgIpc) is 2.77. The fourth-order valence-electron chi connectivity index (χ4n) is 3.61. The van der Waals surface area contributed by atoms with Crippen molar-refractivity contribution in [2.45, 2.75) is 18.9 Å². The number of hydrogen-bond donors (Lipinski definition) is 3. The highest BCUT2D eigenvalue weighted by Crippen LogP contribution is 2.38. The van der Waals surface area contributed by atoms with Crippen LogP contribution in [0.1, 0.15) is 33.6 Å². The average molecular weight is 430 g/mol. The molecule has 1 aliphatic heterocycles. The summed E-state index contributed by atoms with van der Waals surface area (Å²) in [6.07, 6.45) is 1.15. The van der Waals surface area contributed by atoms with Gasteiger partial charge in [-0.1, -0.05) is 0 Å². The molecule has 0 saturated carbocycles. The van der Waals surface area contributed by atoms with E-state index in [0.29, 0.717) is 48.7 Å². The third-order valence-corrected chi connectivity index (χ3v) is 5.19. The number of ether oxygens (including phenoxy) is 3. The van der Waals surface area contributed by atoms with Crippen LogP contribution in [0.3, 0.4) is 0 Å². The van der Waals surface area contributed by atoms with Crippen LogP contribution in [0.25, 0.3) is 0 Å². The number of likely N-dealkylation sites (tertiary alicyclic amines) is 1. The van der Waals surface area contributed by atoms with Gasteiger partial charge in [0.2, 0.25) is 5.75 Å². The van der Waals surface area contributed by atoms with Gasteiger partial charge in [0.25, 0.3) is 11.8 Å². The molecule has 0 atom stereocenters. The lowest BCUT2D eigenvalue weighted by Gasteiger charge is -2.32. The number of phenolic OH excluding ortho intramolecular Hbond substituents is 2. The number of piperidine rings is 1. The molecule has 3 rings (SSSR count). The lowest BCUT2D eigenvalue weighted by Crippen LogP contribution is -2.46. The van der Waals surface area contributed by atoms with Crippen molar-refractivity contribution in [1.29, 1.82) is 0 Å². The number of nitrogens with zero attached hydrogens (tertiary/aromatic N) is 1. The highest BCUT2D eigenvalue weighted by Gasteiger charge is 2.27. The number of aromatic hydroxyl groups is 2. The van der Waals surface area contributed by atoms with Crippen LogP contribution in [0, 0.1) is 0 Å². The third-order valence-electron chi connectivity index (χ3n) is 5.19. The van der Waals surface area contributed by atoms with E-state index in [1.807, 2.05) is 0 Å². The highest BCUT2D eigenvalue weighted by atomic mass is 16.5. The predicted molar refractivity (Wildman–Crippen MR) is 112 cm³/mol. The predicted octanol–water partition coefficient (Wildman–Crippen LogP) is 2.16. The van der Waals surface area contributed by atoms with E-state index >= 15 is 0 Å². The van der Waals surface area contributed by atoms with Crippen molar-refractivity contribution in [3.8, 4) is 28.7 Å². The summed E-state index contributed by atoms with van der Waals surface area (Å²) in [5, 5.41) is 22.0. The van der Waals surface area contributed by atoms with Gasteiger partial charge in [0.15, 0.2) is 11.5 Å². The summed E-state index contributed by atoms with van der Waals surface area (Å²) >= 11 is 0. The number of rotatable bonds is 6. The van der Waals surface area contributed by atoms with Gasteiger partial charge in [-0.05, 0) is 37.1 Å². The fourth-order valence-corrected chi connectivity index (χ4v) is 3.61. The maximum atomic E-state index is 13.0. The van der Waals surface area contributed by atoms with Crippen LogP contribution < -0.4 is 19.5 Å². The Bertz CT molecular complexity index is 923. The van der Waals surface area contributed by atoms with E-state index in [4.69, 9.17) is 14.2 Å². The molecule has 0 bridgehead atoms. The molecule has 3 N–H and O–H groups in total. The Labute approximate surface area is 180 Å². The van der Waals surface area contributed by atoms with Crippen molar-refractivity contribution < 1.29 is 34.0 Å². The largest absolute Gasteiger partial charge is 0.508 e. The number of amides is 2. The molecular formula is C22H26N2O7. The number of nitrogens with one attached hydrogen (secondary N) is 1. The minimum absolute atomic E-state index is 0.124. The Kier molecular flexibility index (Phi) is 6.74. The van der Waals surface area contributed by atoms with E-state index in [-0.39, 0.29) is 34.9 Å². The number of carbonyl (C=O) groups excluding carboxylic acids is 2. The molecule has 9 nitrogen and oxygen atoms in total. The molecule has 0 unspecified atom stereocenters. The van der Waals surface area contributed by atoms with E-state index in [1.54, 1.807) is 17.0 Å². The normalized spacial score (nSPS) is 14.1. The van der Waals surface area contributed by atoms with Gasteiger partial charge < -0.3 is 34.6 Å². The van der Waals surface area contributed by atoms with Crippen LogP contribution in [0.15, 0.2) is 30.3 Å². The molecule has 0 aliphatic carbocycles. The second kappa shape index (κ2) is 9.46. The molecule has 0 spiro atoms. The van der Waals surface area contributed by atoms with Crippen molar-refractivity contribution in [2.24, 2.45) is 0 Å². The molecule has 1 fully saturated rings. The molecule has 2 aromatic rings. The lowest BCUT2D eigenvalue weighted by atomic mass is 10.0. The Hall–Kier alpha value is -3.62. The molecule has 2 amide bonds. The SMILES string of the molecule is COc1cc(C(=O)N2CCC(NC(=O)c3cc(O)cc(O)c3)CC2)cc(OC)c1OC. The van der Waals surface area contributed by atoms with Gasteiger partial charge in [-0.15, -0.1) is 0 Å². The lowest BCUT2D eigenvalue weighted by molar-refractivity contribution is 0.0697. The van der Waals surface area contributed by atoms with E-state index in [1.165, 1.54) is 33.5 Å². The quantitative estimate of drug-likeness (QED) is 0.643. The van der Waals surface area contributed by atoms with Gasteiger partial charge in [0.1, 0.15) is 11.5 Å². The number of hydrogen-bond acceptors (Lipinski definition) is 7. The Morgan fingerprint density at radius 1 is 0.871 bits per heavy atom. The molecule has 1 heterocycles. The third kappa shape index (κ3) is 4.93. The molecule has 9 heteroatoms. The van der Waals surface area contributed by atoms with Gasteiger partial charge in [-0.25, -0.2) is 0 Å². The van der Waals surface area contributed by atoms with Crippen molar-refractivity contribution >= 4 is 11.8 Å². The summed E-state index contributed by atoms with van der Waals surface area (Å²) in [4.78, 5) is 27.1. The smallest absolute Gasteiger partial charge is 0.254 e. The summed E-state index contributed by atoms with van der Waals surface area (Å²) in [5.74, 6) is 0.304. The summed E-state index contributed by atoms with van der Waals surface area (Å²) in [5.41, 5.74) is 0.598. The fraction of sp³-hybridized carbons (Fsp3) is 0.364. The van der Waals surface area contributed by atoms with Crippen LogP contribution in [0.5, 0.6) is 28.7 Å². The Balaban J connectivity index is 1.64. The number of methoxy groups -OCH3 is 3. The summed E-state index contributed by atoms with van der Waals surface area (Å²) in [6, 6.07) is 6.85. The monoisotopic (exact) mass is 430 g/mol. The molecule has 0 aromatic heterocycles. The zero-order chi connectivity index (χ0) is 22.5. The minimum Gasteiger partial charge on any atom is -0.508 e. The van der Waals surface area contributed by atoms with Gasteiger partial charge >= 0.3 is 0 Å². The van der Waals surface area contributed by atoms with Gasteiger partial charge in [-0.2, -0.15) is 0 Å². The van der Waals surface area contributed by atoms with Gasteiger partial charge in [0.05, 0.1) is 21.3 Å². The Morgan fingerprint density at radius 3 is 1.90 bits per heavy atom. The van der Waals surface area contributed by atoms with Crippen LogP contribution in [-0.2, 0) is 0 Å². The summed E-state index contributed by atoms with van der Waals surface area (Å²) < 4.78 is 15.9. The van der Waals surface area contributed by atoms with Crippen molar-refractivity contribution in [3.63, 3.8) is 0 Å². The standard InChI is InChI=1S/C22H26N2O7/c1-29-18-10-14(11-19(30-2)20(18)31-3)22(28)24-6-4-15(5-7-24)23-21(27)13-8-16(25)12-17(26)9-13/h8-12,15,25-26H,4-7H2,1-3H3,(H,23,27). The van der Waals surface area contributed by atoms with Crippen molar-refractivity contribution in [2.75, 3.05) is 34.4 Å². The minimum atomic E-state index is -0.388. The number of carbonyl (C=O) groups is 2. The van der Waals surface area contributed by atoms with Crippen molar-refractivity contribution in [1.82, 2.24) is 10.2 Å².